The molecule has 2 heterocycles. The van der Waals surface area contributed by atoms with Crippen molar-refractivity contribution >= 4 is 0 Å². The van der Waals surface area contributed by atoms with Crippen molar-refractivity contribution in [3.05, 3.63) is 48.0 Å². The van der Waals surface area contributed by atoms with Crippen molar-refractivity contribution in [2.75, 3.05) is 0 Å². The number of benzene rings is 1. The molecule has 1 fully saturated rings. The first-order chi connectivity index (χ1) is 6.89. The van der Waals surface area contributed by atoms with E-state index in [9.17, 15) is 0 Å². The summed E-state index contributed by atoms with van der Waals surface area (Å²) in [6.07, 6.45) is 6.45. The predicted molar refractivity (Wildman–Crippen MR) is 52.5 cm³/mol. The van der Waals surface area contributed by atoms with E-state index in [0.29, 0.717) is 0 Å². The van der Waals surface area contributed by atoms with Crippen molar-refractivity contribution in [2.45, 2.75) is 24.5 Å². The van der Waals surface area contributed by atoms with Gasteiger partial charge in [-0.05, 0) is 24.5 Å². The largest absolute Gasteiger partial charge is 0.228 e. The molecule has 14 heavy (non-hydrogen) atoms. The van der Waals surface area contributed by atoms with E-state index >= 15 is 0 Å². The van der Waals surface area contributed by atoms with Gasteiger partial charge in [0.05, 0.1) is 0 Å². The van der Waals surface area contributed by atoms with Gasteiger partial charge < -0.3 is 0 Å². The maximum atomic E-state index is 5.46. The Bertz CT molecular complexity index is 348. The van der Waals surface area contributed by atoms with Crippen molar-refractivity contribution in [2.24, 2.45) is 0 Å². The highest BCUT2D eigenvalue weighted by molar-refractivity contribution is 5.30. The number of hydrogen-bond donors (Lipinski definition) is 0. The second kappa shape index (κ2) is 2.94. The molecule has 3 aliphatic rings. The maximum Gasteiger partial charge on any atom is 0.147 e. The molecule has 1 aromatic carbocycles. The van der Waals surface area contributed by atoms with Crippen LogP contribution in [-0.2, 0) is 15.4 Å². The van der Waals surface area contributed by atoms with E-state index in [1.54, 1.807) is 0 Å². The number of fused-ring (bicyclic) bond motifs is 2. The Kier molecular flexibility index (Phi) is 1.72. The molecule has 2 aliphatic heterocycles. The summed E-state index contributed by atoms with van der Waals surface area (Å²) in [6.45, 7) is 0. The minimum absolute atomic E-state index is 0.167. The second-order valence-electron chi connectivity index (χ2n) is 3.87. The molecule has 1 saturated heterocycles. The summed E-state index contributed by atoms with van der Waals surface area (Å²) >= 11 is 0. The summed E-state index contributed by atoms with van der Waals surface area (Å²) < 4.78 is 0. The molecule has 0 unspecified atom stereocenters. The van der Waals surface area contributed by atoms with E-state index in [4.69, 9.17) is 9.78 Å². The molecule has 72 valence electrons. The zero-order chi connectivity index (χ0) is 9.43. The lowest BCUT2D eigenvalue weighted by Crippen LogP contribution is -2.39. The van der Waals surface area contributed by atoms with Crippen LogP contribution in [0.3, 0.4) is 0 Å². The van der Waals surface area contributed by atoms with Crippen molar-refractivity contribution in [3.63, 3.8) is 0 Å². The molecular weight excluding hydrogens is 176 g/mol. The fourth-order valence-corrected chi connectivity index (χ4v) is 2.11. The van der Waals surface area contributed by atoms with E-state index in [0.717, 1.165) is 12.8 Å². The summed E-state index contributed by atoms with van der Waals surface area (Å²) in [5.41, 5.74) is 0.852. The highest BCUT2D eigenvalue weighted by Crippen LogP contribution is 2.41. The van der Waals surface area contributed by atoms with Gasteiger partial charge in [-0.15, -0.1) is 0 Å². The molecule has 0 saturated carbocycles. The third-order valence-corrected chi connectivity index (χ3v) is 2.96. The quantitative estimate of drug-likeness (QED) is 0.498. The van der Waals surface area contributed by atoms with Crippen LogP contribution in [0.1, 0.15) is 18.4 Å². The normalized spacial score (nSPS) is 34.7. The van der Waals surface area contributed by atoms with Crippen molar-refractivity contribution in [1.29, 1.82) is 0 Å². The molecule has 0 radical (unpaired) electrons. The SMILES string of the molecule is C1=C[C@@]2(c3ccccc3)CC[C@H]1OO2. The fraction of sp³-hybridized carbons (Fsp3) is 0.333. The minimum atomic E-state index is -0.323. The van der Waals surface area contributed by atoms with Gasteiger partial charge in [-0.25, -0.2) is 9.78 Å². The number of rotatable bonds is 1. The van der Waals surface area contributed by atoms with Crippen LogP contribution in [0.2, 0.25) is 0 Å². The average Bonchev–Trinajstić information content (AvgIpc) is 2.33. The summed E-state index contributed by atoms with van der Waals surface area (Å²) in [6, 6.07) is 10.2. The van der Waals surface area contributed by atoms with Gasteiger partial charge >= 0.3 is 0 Å². The van der Waals surface area contributed by atoms with Crippen molar-refractivity contribution in [3.8, 4) is 0 Å². The van der Waals surface area contributed by atoms with E-state index in [-0.39, 0.29) is 11.7 Å². The van der Waals surface area contributed by atoms with Crippen molar-refractivity contribution in [1.82, 2.24) is 0 Å². The van der Waals surface area contributed by atoms with Gasteiger partial charge in [-0.2, -0.15) is 0 Å². The van der Waals surface area contributed by atoms with Gasteiger partial charge in [0.2, 0.25) is 0 Å². The molecule has 2 nitrogen and oxygen atoms in total. The van der Waals surface area contributed by atoms with Gasteiger partial charge in [0.1, 0.15) is 11.7 Å². The Labute approximate surface area is 83.1 Å². The molecule has 1 aromatic rings. The van der Waals surface area contributed by atoms with Crippen LogP contribution in [0.4, 0.5) is 0 Å². The molecule has 4 rings (SSSR count). The Morgan fingerprint density at radius 2 is 2.07 bits per heavy atom. The van der Waals surface area contributed by atoms with Crippen LogP contribution in [-0.4, -0.2) is 6.10 Å². The fourth-order valence-electron chi connectivity index (χ4n) is 2.11. The van der Waals surface area contributed by atoms with Gasteiger partial charge in [-0.1, -0.05) is 36.4 Å². The zero-order valence-corrected chi connectivity index (χ0v) is 7.85. The van der Waals surface area contributed by atoms with Crippen LogP contribution in [0.15, 0.2) is 42.5 Å². The minimum Gasteiger partial charge on any atom is -0.228 e. The zero-order valence-electron chi connectivity index (χ0n) is 7.85. The lowest BCUT2D eigenvalue weighted by Gasteiger charge is -2.40. The molecule has 0 aromatic heterocycles. The van der Waals surface area contributed by atoms with Gasteiger partial charge in [-0.3, -0.25) is 0 Å². The molecule has 2 bridgehead atoms. The first-order valence-corrected chi connectivity index (χ1v) is 4.98. The molecule has 2 atom stereocenters. The first kappa shape index (κ1) is 8.21. The molecule has 2 heteroatoms. The van der Waals surface area contributed by atoms with Crippen molar-refractivity contribution < 1.29 is 9.78 Å². The molecule has 0 N–H and O–H groups in total. The maximum absolute atomic E-state index is 5.46. The average molecular weight is 188 g/mol. The Hall–Kier alpha value is -1.12. The number of hydrogen-bond acceptors (Lipinski definition) is 2. The molecule has 1 aliphatic carbocycles. The summed E-state index contributed by atoms with van der Waals surface area (Å²) in [7, 11) is 0. The Morgan fingerprint density at radius 3 is 2.64 bits per heavy atom. The summed E-state index contributed by atoms with van der Waals surface area (Å²) in [4.78, 5) is 10.7. The third-order valence-electron chi connectivity index (χ3n) is 2.96. The van der Waals surface area contributed by atoms with Crippen LogP contribution >= 0.6 is 0 Å². The van der Waals surface area contributed by atoms with Crippen LogP contribution in [0.5, 0.6) is 0 Å². The van der Waals surface area contributed by atoms with E-state index in [1.165, 1.54) is 5.56 Å². The van der Waals surface area contributed by atoms with Crippen LogP contribution in [0, 0.1) is 0 Å². The van der Waals surface area contributed by atoms with Gasteiger partial charge in [0.15, 0.2) is 0 Å². The molecule has 0 amide bonds. The summed E-state index contributed by atoms with van der Waals surface area (Å²) in [5.74, 6) is 0. The predicted octanol–water partition coefficient (Wildman–Crippen LogP) is 2.56. The highest BCUT2D eigenvalue weighted by atomic mass is 17.2. The van der Waals surface area contributed by atoms with E-state index in [2.05, 4.69) is 24.3 Å². The van der Waals surface area contributed by atoms with Crippen LogP contribution in [0.25, 0.3) is 0 Å². The topological polar surface area (TPSA) is 18.5 Å². The third kappa shape index (κ3) is 1.11. The second-order valence-corrected chi connectivity index (χ2v) is 3.87. The Balaban J connectivity index is 2.04. The lowest BCUT2D eigenvalue weighted by molar-refractivity contribution is -0.401. The van der Waals surface area contributed by atoms with E-state index < -0.39 is 0 Å². The van der Waals surface area contributed by atoms with Gasteiger partial charge in [0.25, 0.3) is 0 Å². The van der Waals surface area contributed by atoms with E-state index in [1.807, 2.05) is 18.2 Å². The lowest BCUT2D eigenvalue weighted by atomic mass is 9.83. The Morgan fingerprint density at radius 1 is 1.21 bits per heavy atom. The monoisotopic (exact) mass is 188 g/mol. The smallest absolute Gasteiger partial charge is 0.147 e. The first-order valence-electron chi connectivity index (χ1n) is 4.98. The molecular formula is C12H12O2. The standard InChI is InChI=1S/C12H12O2/c1-2-4-10(5-3-1)12-8-6-11(7-9-12)13-14-12/h1-6,8,11H,7,9H2/t11-,12-/m0/s1. The summed E-state index contributed by atoms with van der Waals surface area (Å²) in [5, 5.41) is 0. The van der Waals surface area contributed by atoms with Gasteiger partial charge in [0, 0.05) is 0 Å². The molecule has 0 spiro atoms. The highest BCUT2D eigenvalue weighted by Gasteiger charge is 2.40. The van der Waals surface area contributed by atoms with Crippen LogP contribution < -0.4 is 0 Å².